The van der Waals surface area contributed by atoms with Crippen LogP contribution in [0.15, 0.2) is 29.3 Å². The van der Waals surface area contributed by atoms with Crippen LogP contribution in [0, 0.1) is 0 Å². The van der Waals surface area contributed by atoms with Crippen molar-refractivity contribution < 1.29 is 4.74 Å². The van der Waals surface area contributed by atoms with Crippen molar-refractivity contribution in [1.29, 1.82) is 0 Å². The summed E-state index contributed by atoms with van der Waals surface area (Å²) in [5, 5.41) is 0. The molecule has 1 aromatic carbocycles. The van der Waals surface area contributed by atoms with E-state index < -0.39 is 0 Å². The normalized spacial score (nSPS) is 23.1. The van der Waals surface area contributed by atoms with Crippen molar-refractivity contribution in [2.45, 2.75) is 31.8 Å². The Balaban J connectivity index is 1.90. The van der Waals surface area contributed by atoms with Gasteiger partial charge in [-0.15, -0.1) is 0 Å². The highest BCUT2D eigenvalue weighted by molar-refractivity contribution is 5.81. The number of hydrogen-bond acceptors (Lipinski definition) is 4. The predicted octanol–water partition coefficient (Wildman–Crippen LogP) is 1.92. The van der Waals surface area contributed by atoms with Crippen molar-refractivity contribution in [3.8, 4) is 5.75 Å². The van der Waals surface area contributed by atoms with Gasteiger partial charge in [0.25, 0.3) is 0 Å². The van der Waals surface area contributed by atoms with E-state index in [9.17, 15) is 0 Å². The molecule has 4 nitrogen and oxygen atoms in total. The zero-order valence-electron chi connectivity index (χ0n) is 10.7. The molecule has 0 amide bonds. The molecule has 96 valence electrons. The average Bonchev–Trinajstić information content (AvgIpc) is 3.14. The second-order valence-corrected chi connectivity index (χ2v) is 4.82. The quantitative estimate of drug-likeness (QED) is 0.881. The molecule has 1 fully saturated rings. The van der Waals surface area contributed by atoms with Gasteiger partial charge in [0.2, 0.25) is 0 Å². The summed E-state index contributed by atoms with van der Waals surface area (Å²) in [6.07, 6.45) is 2.45. The van der Waals surface area contributed by atoms with E-state index in [1.807, 2.05) is 19.1 Å². The molecule has 2 aliphatic rings. The minimum Gasteiger partial charge on any atom is -0.494 e. The van der Waals surface area contributed by atoms with Gasteiger partial charge < -0.3 is 15.4 Å². The Labute approximate surface area is 107 Å². The fourth-order valence-corrected chi connectivity index (χ4v) is 2.59. The Morgan fingerprint density at radius 3 is 2.89 bits per heavy atom. The summed E-state index contributed by atoms with van der Waals surface area (Å²) in [5.41, 5.74) is 7.21. The van der Waals surface area contributed by atoms with Crippen molar-refractivity contribution >= 4 is 5.96 Å². The third-order valence-corrected chi connectivity index (χ3v) is 3.54. The minimum absolute atomic E-state index is 0.250. The van der Waals surface area contributed by atoms with Gasteiger partial charge in [-0.2, -0.15) is 0 Å². The molecule has 1 aliphatic carbocycles. The molecule has 18 heavy (non-hydrogen) atoms. The first kappa shape index (κ1) is 11.4. The molecular formula is C14H19N3O. The fourth-order valence-electron chi connectivity index (χ4n) is 2.59. The van der Waals surface area contributed by atoms with E-state index in [1.165, 1.54) is 18.4 Å². The third kappa shape index (κ3) is 1.92. The summed E-state index contributed by atoms with van der Waals surface area (Å²) >= 11 is 0. The Hall–Kier alpha value is -1.71. The summed E-state index contributed by atoms with van der Waals surface area (Å²) in [5.74, 6) is 1.65. The monoisotopic (exact) mass is 245 g/mol. The smallest absolute Gasteiger partial charge is 0.192 e. The van der Waals surface area contributed by atoms with Crippen molar-refractivity contribution in [1.82, 2.24) is 4.90 Å². The molecule has 0 saturated heterocycles. The first-order valence-electron chi connectivity index (χ1n) is 6.61. The van der Waals surface area contributed by atoms with Crippen molar-refractivity contribution in [3.63, 3.8) is 0 Å². The first-order chi connectivity index (χ1) is 8.81. The summed E-state index contributed by atoms with van der Waals surface area (Å²) in [6, 6.07) is 9.04. The standard InChI is InChI=1S/C14H19N3O/c1-2-18-13-6-4-3-5-11(13)12-9-16-14(15)17(12)10-7-8-10/h3-6,10,12H,2,7-9H2,1H3,(H2,15,16). The maximum absolute atomic E-state index is 6.01. The Morgan fingerprint density at radius 2 is 2.17 bits per heavy atom. The maximum atomic E-state index is 6.01. The lowest BCUT2D eigenvalue weighted by Crippen LogP contribution is -2.37. The highest BCUT2D eigenvalue weighted by Gasteiger charge is 2.39. The zero-order chi connectivity index (χ0) is 12.5. The molecule has 1 heterocycles. The molecule has 0 aromatic heterocycles. The fraction of sp³-hybridized carbons (Fsp3) is 0.500. The number of para-hydroxylation sites is 1. The van der Waals surface area contributed by atoms with Gasteiger partial charge in [-0.05, 0) is 25.8 Å². The van der Waals surface area contributed by atoms with Crippen LogP contribution in [0.4, 0.5) is 0 Å². The Morgan fingerprint density at radius 1 is 1.39 bits per heavy atom. The Bertz CT molecular complexity index is 468. The number of nitrogens with two attached hydrogens (primary N) is 1. The van der Waals surface area contributed by atoms with Crippen molar-refractivity contribution in [2.75, 3.05) is 13.2 Å². The molecule has 1 aliphatic heterocycles. The minimum atomic E-state index is 0.250. The van der Waals surface area contributed by atoms with E-state index >= 15 is 0 Å². The van der Waals surface area contributed by atoms with Gasteiger partial charge in [0.15, 0.2) is 5.96 Å². The Kier molecular flexibility index (Phi) is 2.86. The lowest BCUT2D eigenvalue weighted by Gasteiger charge is -2.27. The highest BCUT2D eigenvalue weighted by atomic mass is 16.5. The lowest BCUT2D eigenvalue weighted by molar-refractivity contribution is 0.303. The van der Waals surface area contributed by atoms with Crippen LogP contribution in [0.25, 0.3) is 0 Å². The lowest BCUT2D eigenvalue weighted by atomic mass is 10.0. The molecule has 0 spiro atoms. The molecule has 1 saturated carbocycles. The van der Waals surface area contributed by atoms with E-state index in [-0.39, 0.29) is 6.04 Å². The SMILES string of the molecule is CCOc1ccccc1C1CN=C(N)N1C1CC1. The summed E-state index contributed by atoms with van der Waals surface area (Å²) < 4.78 is 5.71. The van der Waals surface area contributed by atoms with Gasteiger partial charge in [0.05, 0.1) is 19.2 Å². The van der Waals surface area contributed by atoms with Gasteiger partial charge in [0.1, 0.15) is 5.75 Å². The van der Waals surface area contributed by atoms with Gasteiger partial charge in [-0.25, -0.2) is 0 Å². The molecule has 4 heteroatoms. The van der Waals surface area contributed by atoms with Gasteiger partial charge in [0, 0.05) is 11.6 Å². The second-order valence-electron chi connectivity index (χ2n) is 4.82. The molecule has 3 rings (SSSR count). The number of ether oxygens (including phenoxy) is 1. The molecule has 1 atom stereocenters. The van der Waals surface area contributed by atoms with E-state index in [0.29, 0.717) is 18.6 Å². The number of rotatable bonds is 4. The number of nitrogens with zero attached hydrogens (tertiary/aromatic N) is 2. The first-order valence-corrected chi connectivity index (χ1v) is 6.61. The summed E-state index contributed by atoms with van der Waals surface area (Å²) in [6.45, 7) is 3.44. The topological polar surface area (TPSA) is 50.9 Å². The maximum Gasteiger partial charge on any atom is 0.192 e. The van der Waals surface area contributed by atoms with E-state index in [4.69, 9.17) is 10.5 Å². The molecule has 1 aromatic rings. The summed E-state index contributed by atoms with van der Waals surface area (Å²) in [7, 11) is 0. The van der Waals surface area contributed by atoms with Crippen molar-refractivity contribution in [3.05, 3.63) is 29.8 Å². The highest BCUT2D eigenvalue weighted by Crippen LogP contribution is 2.39. The largest absolute Gasteiger partial charge is 0.494 e. The number of guanidine groups is 1. The van der Waals surface area contributed by atoms with E-state index in [1.54, 1.807) is 0 Å². The average molecular weight is 245 g/mol. The summed E-state index contributed by atoms with van der Waals surface area (Å²) in [4.78, 5) is 6.66. The van der Waals surface area contributed by atoms with Crippen LogP contribution >= 0.6 is 0 Å². The van der Waals surface area contributed by atoms with Gasteiger partial charge in [-0.3, -0.25) is 4.99 Å². The number of hydrogen-bond donors (Lipinski definition) is 1. The molecule has 1 unspecified atom stereocenters. The van der Waals surface area contributed by atoms with Crippen LogP contribution in [-0.2, 0) is 0 Å². The number of aliphatic imine (C=N–C) groups is 1. The third-order valence-electron chi connectivity index (χ3n) is 3.54. The van der Waals surface area contributed by atoms with Crippen LogP contribution < -0.4 is 10.5 Å². The molecular weight excluding hydrogens is 226 g/mol. The van der Waals surface area contributed by atoms with Crippen LogP contribution in [-0.4, -0.2) is 30.1 Å². The predicted molar refractivity (Wildman–Crippen MR) is 71.7 cm³/mol. The van der Waals surface area contributed by atoms with E-state index in [0.717, 1.165) is 12.3 Å². The molecule has 0 bridgehead atoms. The number of benzene rings is 1. The van der Waals surface area contributed by atoms with Crippen LogP contribution in [0.1, 0.15) is 31.4 Å². The zero-order valence-corrected chi connectivity index (χ0v) is 10.7. The molecule has 2 N–H and O–H groups in total. The van der Waals surface area contributed by atoms with E-state index in [2.05, 4.69) is 22.0 Å². The van der Waals surface area contributed by atoms with Gasteiger partial charge >= 0.3 is 0 Å². The second kappa shape index (κ2) is 4.52. The molecule has 0 radical (unpaired) electrons. The van der Waals surface area contributed by atoms with Gasteiger partial charge in [-0.1, -0.05) is 18.2 Å². The van der Waals surface area contributed by atoms with Crippen LogP contribution in [0.3, 0.4) is 0 Å². The van der Waals surface area contributed by atoms with Crippen LogP contribution in [0.2, 0.25) is 0 Å². The van der Waals surface area contributed by atoms with Crippen molar-refractivity contribution in [2.24, 2.45) is 10.7 Å². The van der Waals surface area contributed by atoms with Crippen LogP contribution in [0.5, 0.6) is 5.75 Å².